The molecular weight excluding hydrogens is 387 g/mol. The van der Waals surface area contributed by atoms with Gasteiger partial charge < -0.3 is 0 Å². The minimum absolute atomic E-state index is 0.0911. The van der Waals surface area contributed by atoms with Gasteiger partial charge in [0.05, 0.1) is 0 Å². The Labute approximate surface area is 171 Å². The second kappa shape index (κ2) is 8.31. The standard InChI is InChI=1S/C24H24ClO2P/c1-20(2)18-24(26)27-19-28(25,21-12-6-3-7-13-21,22-14-8-4-9-15-22)23-16-10-5-11-17-23/h3-18H,19H2,1-2H3. The first-order valence-corrected chi connectivity index (χ1v) is 12.5. The number of benzene rings is 3. The summed E-state index contributed by atoms with van der Waals surface area (Å²) in [5.74, 6) is -3.93. The van der Waals surface area contributed by atoms with Crippen LogP contribution in [0, 0.1) is 0 Å². The maximum absolute atomic E-state index is 12.4. The molecule has 0 aliphatic carbocycles. The van der Waals surface area contributed by atoms with E-state index in [9.17, 15) is 4.79 Å². The fraction of sp³-hybridized carbons (Fsp3) is 0.125. The Balaban J connectivity index is 2.27. The van der Waals surface area contributed by atoms with Gasteiger partial charge in [0.15, 0.2) is 0 Å². The first kappa shape index (κ1) is 20.3. The summed E-state index contributed by atoms with van der Waals surface area (Å²) in [4.78, 5) is 12.4. The van der Waals surface area contributed by atoms with Crippen molar-refractivity contribution in [3.63, 3.8) is 0 Å². The Bertz CT molecular complexity index is 866. The molecule has 0 radical (unpaired) electrons. The first-order chi connectivity index (χ1) is 13.4. The monoisotopic (exact) mass is 410 g/mol. The molecule has 0 spiro atoms. The average Bonchev–Trinajstić information content (AvgIpc) is 2.74. The molecule has 0 aromatic heterocycles. The van der Waals surface area contributed by atoms with E-state index < -0.39 is 5.96 Å². The summed E-state index contributed by atoms with van der Waals surface area (Å²) >= 11 is 7.79. The SMILES string of the molecule is CC(C)=CC(=O)OCP(Cl)(c1ccccc1)(c1ccccc1)c1ccccc1. The normalized spacial score (nSPS) is 12.5. The number of allylic oxidation sites excluding steroid dienone is 1. The molecule has 0 saturated heterocycles. The van der Waals surface area contributed by atoms with Crippen molar-refractivity contribution in [3.8, 4) is 0 Å². The summed E-state index contributed by atoms with van der Waals surface area (Å²) in [5, 5.41) is 2.91. The van der Waals surface area contributed by atoms with Crippen molar-refractivity contribution in [2.75, 3.05) is 6.35 Å². The van der Waals surface area contributed by atoms with Gasteiger partial charge in [0.1, 0.15) is 0 Å². The van der Waals surface area contributed by atoms with Crippen molar-refractivity contribution < 1.29 is 9.53 Å². The van der Waals surface area contributed by atoms with Gasteiger partial charge >= 0.3 is 171 Å². The molecular formula is C24H24ClO2P. The Morgan fingerprint density at radius 2 is 1.14 bits per heavy atom. The molecule has 3 aromatic rings. The average molecular weight is 411 g/mol. The second-order valence-corrected chi connectivity index (χ2v) is 13.4. The van der Waals surface area contributed by atoms with Crippen molar-refractivity contribution in [1.82, 2.24) is 0 Å². The third-order valence-corrected chi connectivity index (χ3v) is 11.5. The van der Waals surface area contributed by atoms with Gasteiger partial charge in [-0.1, -0.05) is 0 Å². The summed E-state index contributed by atoms with van der Waals surface area (Å²) in [6.45, 7) is 3.74. The van der Waals surface area contributed by atoms with Crippen LogP contribution in [0.25, 0.3) is 0 Å². The number of hydrogen-bond acceptors (Lipinski definition) is 2. The van der Waals surface area contributed by atoms with Crippen molar-refractivity contribution >= 4 is 39.1 Å². The molecule has 0 heterocycles. The summed E-state index contributed by atoms with van der Waals surface area (Å²) in [6.07, 6.45) is 1.59. The third-order valence-electron chi connectivity index (χ3n) is 4.74. The zero-order valence-electron chi connectivity index (χ0n) is 16.1. The van der Waals surface area contributed by atoms with E-state index in [-0.39, 0.29) is 12.3 Å². The topological polar surface area (TPSA) is 26.3 Å². The molecule has 3 rings (SSSR count). The molecule has 0 bridgehead atoms. The van der Waals surface area contributed by atoms with Gasteiger partial charge in [0, 0.05) is 0 Å². The number of rotatable bonds is 6. The molecule has 3 aromatic carbocycles. The molecule has 0 amide bonds. The van der Waals surface area contributed by atoms with Crippen LogP contribution in [0.5, 0.6) is 0 Å². The van der Waals surface area contributed by atoms with Gasteiger partial charge in [0.2, 0.25) is 0 Å². The van der Waals surface area contributed by atoms with Crippen LogP contribution < -0.4 is 15.9 Å². The molecule has 2 nitrogen and oxygen atoms in total. The van der Waals surface area contributed by atoms with Crippen molar-refractivity contribution in [1.29, 1.82) is 0 Å². The van der Waals surface area contributed by atoms with Crippen LogP contribution in [0.1, 0.15) is 13.8 Å². The zero-order chi connectivity index (χ0) is 20.1. The summed E-state index contributed by atoms with van der Waals surface area (Å²) < 4.78 is 5.80. The Kier molecular flexibility index (Phi) is 6.03. The molecule has 0 saturated carbocycles. The van der Waals surface area contributed by atoms with Crippen molar-refractivity contribution in [2.45, 2.75) is 13.8 Å². The predicted molar refractivity (Wildman–Crippen MR) is 121 cm³/mol. The van der Waals surface area contributed by atoms with Gasteiger partial charge in [-0.25, -0.2) is 0 Å². The Morgan fingerprint density at radius 3 is 1.46 bits per heavy atom. The molecule has 28 heavy (non-hydrogen) atoms. The van der Waals surface area contributed by atoms with E-state index in [1.54, 1.807) is 0 Å². The third kappa shape index (κ3) is 3.76. The van der Waals surface area contributed by atoms with Crippen molar-refractivity contribution in [3.05, 3.63) is 103 Å². The second-order valence-electron chi connectivity index (χ2n) is 7.00. The zero-order valence-corrected chi connectivity index (χ0v) is 17.7. The molecule has 0 atom stereocenters. The number of ether oxygens (including phenoxy) is 1. The van der Waals surface area contributed by atoms with Crippen LogP contribution in [0.3, 0.4) is 0 Å². The van der Waals surface area contributed by atoms with Crippen LogP contribution in [0.4, 0.5) is 0 Å². The van der Waals surface area contributed by atoms with Gasteiger partial charge in [-0.15, -0.1) is 0 Å². The fourth-order valence-electron chi connectivity index (χ4n) is 3.35. The predicted octanol–water partition coefficient (Wildman–Crippen LogP) is 5.14. The van der Waals surface area contributed by atoms with Gasteiger partial charge in [-0.05, 0) is 0 Å². The Hall–Kier alpha value is -2.41. The number of hydrogen-bond donors (Lipinski definition) is 0. The van der Waals surface area contributed by atoms with Crippen LogP contribution in [0.15, 0.2) is 103 Å². The minimum atomic E-state index is -3.55. The Morgan fingerprint density at radius 1 is 0.786 bits per heavy atom. The molecule has 144 valence electrons. The summed E-state index contributed by atoms with van der Waals surface area (Å²) in [5.41, 5.74) is 0.888. The number of carbonyl (C=O) groups excluding carboxylic acids is 1. The van der Waals surface area contributed by atoms with Gasteiger partial charge in [-0.3, -0.25) is 0 Å². The van der Waals surface area contributed by atoms with E-state index in [0.29, 0.717) is 0 Å². The van der Waals surface area contributed by atoms with Crippen molar-refractivity contribution in [2.24, 2.45) is 0 Å². The fourth-order valence-corrected chi connectivity index (χ4v) is 8.60. The van der Waals surface area contributed by atoms with E-state index in [2.05, 4.69) is 0 Å². The van der Waals surface area contributed by atoms with E-state index in [0.717, 1.165) is 21.5 Å². The van der Waals surface area contributed by atoms with Gasteiger partial charge in [-0.2, -0.15) is 0 Å². The summed E-state index contributed by atoms with van der Waals surface area (Å²) in [7, 11) is 0. The van der Waals surface area contributed by atoms with Crippen LogP contribution in [0.2, 0.25) is 0 Å². The molecule has 4 heteroatoms. The van der Waals surface area contributed by atoms with E-state index >= 15 is 0 Å². The molecule has 0 unspecified atom stereocenters. The van der Waals surface area contributed by atoms with Gasteiger partial charge in [0.25, 0.3) is 0 Å². The molecule has 0 fully saturated rings. The van der Waals surface area contributed by atoms with E-state index in [4.69, 9.17) is 16.0 Å². The quantitative estimate of drug-likeness (QED) is 0.319. The molecule has 0 N–H and O–H groups in total. The van der Waals surface area contributed by atoms with E-state index in [1.807, 2.05) is 105 Å². The van der Waals surface area contributed by atoms with Crippen LogP contribution in [-0.2, 0) is 9.53 Å². The van der Waals surface area contributed by atoms with E-state index in [1.165, 1.54) is 6.08 Å². The number of carbonyl (C=O) groups is 1. The number of esters is 1. The molecule has 0 aliphatic heterocycles. The molecule has 0 aliphatic rings. The number of halogens is 1. The summed E-state index contributed by atoms with van der Waals surface area (Å²) in [6, 6.07) is 29.9. The van der Waals surface area contributed by atoms with Crippen LogP contribution in [-0.4, -0.2) is 12.3 Å². The first-order valence-electron chi connectivity index (χ1n) is 9.16. The maximum atomic E-state index is 12.4. The van der Waals surface area contributed by atoms with Crippen LogP contribution >= 0.6 is 17.2 Å².